The number of nitrogens with zero attached hydrogens (tertiary/aromatic N) is 2. The summed E-state index contributed by atoms with van der Waals surface area (Å²) >= 11 is 0. The fraction of sp³-hybridized carbons (Fsp3) is 0.357. The molecule has 1 aromatic carbocycles. The van der Waals surface area contributed by atoms with E-state index in [1.165, 1.54) is 0 Å². The zero-order valence-corrected chi connectivity index (χ0v) is 11.4. The first kappa shape index (κ1) is 14.0. The predicted molar refractivity (Wildman–Crippen MR) is 74.9 cm³/mol. The van der Waals surface area contributed by atoms with Crippen molar-refractivity contribution in [3.8, 4) is 0 Å². The number of nitrogens with two attached hydrogens (primary N) is 1. The highest BCUT2D eigenvalue weighted by molar-refractivity contribution is 5.76. The number of aromatic nitrogens is 2. The molecule has 0 bridgehead atoms. The molecule has 0 fully saturated rings. The van der Waals surface area contributed by atoms with E-state index in [1.807, 2.05) is 24.3 Å². The van der Waals surface area contributed by atoms with Crippen molar-refractivity contribution in [3.63, 3.8) is 0 Å². The third kappa shape index (κ3) is 4.38. The highest BCUT2D eigenvalue weighted by Gasteiger charge is 2.05. The smallest absolute Gasteiger partial charge is 0.223 e. The Morgan fingerprint density at radius 1 is 1.40 bits per heavy atom. The third-order valence-corrected chi connectivity index (χ3v) is 2.83. The number of nitrogens with one attached hydrogen (secondary N) is 1. The molecule has 0 radical (unpaired) electrons. The van der Waals surface area contributed by atoms with Gasteiger partial charge < -0.3 is 15.6 Å². The lowest BCUT2D eigenvalue weighted by atomic mass is 10.1. The van der Waals surface area contributed by atoms with Crippen molar-refractivity contribution in [1.82, 2.24) is 15.5 Å². The molecule has 1 aromatic heterocycles. The van der Waals surface area contributed by atoms with Crippen molar-refractivity contribution in [2.75, 3.05) is 12.3 Å². The van der Waals surface area contributed by atoms with E-state index in [0.717, 1.165) is 11.3 Å². The molecule has 1 amide bonds. The fourth-order valence-corrected chi connectivity index (χ4v) is 1.85. The number of carbonyl (C=O) groups is 1. The van der Waals surface area contributed by atoms with E-state index < -0.39 is 0 Å². The van der Waals surface area contributed by atoms with Crippen LogP contribution in [0.4, 0.5) is 5.69 Å². The molecule has 0 saturated carbocycles. The lowest BCUT2D eigenvalue weighted by Gasteiger charge is -2.04. The molecular weight excluding hydrogens is 256 g/mol. The Morgan fingerprint density at radius 2 is 2.25 bits per heavy atom. The van der Waals surface area contributed by atoms with Crippen LogP contribution in [0.25, 0.3) is 0 Å². The van der Waals surface area contributed by atoms with Gasteiger partial charge in [-0.1, -0.05) is 17.3 Å². The number of hydrogen-bond donors (Lipinski definition) is 2. The van der Waals surface area contributed by atoms with Crippen LogP contribution >= 0.6 is 0 Å². The van der Waals surface area contributed by atoms with E-state index in [1.54, 1.807) is 6.92 Å². The first-order valence-electron chi connectivity index (χ1n) is 6.54. The van der Waals surface area contributed by atoms with Crippen LogP contribution in [0.3, 0.4) is 0 Å². The molecule has 0 atom stereocenters. The monoisotopic (exact) mass is 274 g/mol. The zero-order chi connectivity index (χ0) is 14.4. The lowest BCUT2D eigenvalue weighted by molar-refractivity contribution is -0.121. The molecule has 6 heteroatoms. The van der Waals surface area contributed by atoms with Crippen molar-refractivity contribution in [1.29, 1.82) is 0 Å². The highest BCUT2D eigenvalue weighted by atomic mass is 16.5. The predicted octanol–water partition coefficient (Wildman–Crippen LogP) is 1.25. The summed E-state index contributed by atoms with van der Waals surface area (Å²) in [6.45, 7) is 2.25. The van der Waals surface area contributed by atoms with Gasteiger partial charge in [0.05, 0.1) is 0 Å². The number of aryl methyl sites for hydroxylation is 2. The molecule has 0 spiro atoms. The van der Waals surface area contributed by atoms with Gasteiger partial charge >= 0.3 is 0 Å². The van der Waals surface area contributed by atoms with E-state index in [9.17, 15) is 4.79 Å². The van der Waals surface area contributed by atoms with Gasteiger partial charge in [0, 0.05) is 32.0 Å². The standard InChI is InChI=1S/C14H18N4O2/c1-10-17-13(18-20-10)7-8-16-14(19)6-5-11-3-2-4-12(15)9-11/h2-4,9H,5-8,15H2,1H3,(H,16,19). The zero-order valence-electron chi connectivity index (χ0n) is 11.4. The van der Waals surface area contributed by atoms with Gasteiger partial charge in [-0.2, -0.15) is 4.98 Å². The summed E-state index contributed by atoms with van der Waals surface area (Å²) in [5.41, 5.74) is 7.47. The van der Waals surface area contributed by atoms with Gasteiger partial charge in [0.25, 0.3) is 0 Å². The van der Waals surface area contributed by atoms with Crippen molar-refractivity contribution >= 4 is 11.6 Å². The number of rotatable bonds is 6. The van der Waals surface area contributed by atoms with E-state index in [-0.39, 0.29) is 5.91 Å². The van der Waals surface area contributed by atoms with Gasteiger partial charge in [-0.3, -0.25) is 4.79 Å². The SMILES string of the molecule is Cc1nc(CCNC(=O)CCc2cccc(N)c2)no1. The number of benzene rings is 1. The Balaban J connectivity index is 1.68. The molecule has 106 valence electrons. The van der Waals surface area contributed by atoms with Crippen LogP contribution in [0.1, 0.15) is 23.7 Å². The van der Waals surface area contributed by atoms with Crippen molar-refractivity contribution in [2.24, 2.45) is 0 Å². The van der Waals surface area contributed by atoms with Crippen molar-refractivity contribution < 1.29 is 9.32 Å². The molecule has 0 aliphatic rings. The van der Waals surface area contributed by atoms with Crippen LogP contribution in [-0.4, -0.2) is 22.6 Å². The molecule has 6 nitrogen and oxygen atoms in total. The van der Waals surface area contributed by atoms with Gasteiger partial charge in [-0.05, 0) is 24.1 Å². The van der Waals surface area contributed by atoms with E-state index in [4.69, 9.17) is 10.3 Å². The molecule has 20 heavy (non-hydrogen) atoms. The van der Waals surface area contributed by atoms with Gasteiger partial charge in [-0.15, -0.1) is 0 Å². The normalized spacial score (nSPS) is 10.4. The largest absolute Gasteiger partial charge is 0.399 e. The maximum absolute atomic E-state index is 11.7. The Kier molecular flexibility index (Phi) is 4.70. The molecule has 3 N–H and O–H groups in total. The number of hydrogen-bond acceptors (Lipinski definition) is 5. The summed E-state index contributed by atoms with van der Waals surface area (Å²) in [4.78, 5) is 15.8. The average molecular weight is 274 g/mol. The number of carbonyl (C=O) groups excluding carboxylic acids is 1. The molecule has 2 aromatic rings. The van der Waals surface area contributed by atoms with Crippen LogP contribution in [0.15, 0.2) is 28.8 Å². The van der Waals surface area contributed by atoms with E-state index in [2.05, 4.69) is 15.5 Å². The van der Waals surface area contributed by atoms with Gasteiger partial charge in [0.1, 0.15) is 0 Å². The lowest BCUT2D eigenvalue weighted by Crippen LogP contribution is -2.26. The van der Waals surface area contributed by atoms with Crippen LogP contribution in [0.2, 0.25) is 0 Å². The molecular formula is C14H18N4O2. The topological polar surface area (TPSA) is 94.0 Å². The van der Waals surface area contributed by atoms with Gasteiger partial charge in [-0.25, -0.2) is 0 Å². The quantitative estimate of drug-likeness (QED) is 0.773. The van der Waals surface area contributed by atoms with Crippen LogP contribution in [0.5, 0.6) is 0 Å². The number of amides is 1. The first-order valence-corrected chi connectivity index (χ1v) is 6.54. The summed E-state index contributed by atoms with van der Waals surface area (Å²) in [5, 5.41) is 6.60. The Morgan fingerprint density at radius 3 is 2.95 bits per heavy atom. The van der Waals surface area contributed by atoms with Crippen LogP contribution in [0, 0.1) is 6.92 Å². The number of anilines is 1. The van der Waals surface area contributed by atoms with Gasteiger partial charge in [0.15, 0.2) is 5.82 Å². The Bertz CT molecular complexity index is 580. The van der Waals surface area contributed by atoms with Crippen molar-refractivity contribution in [3.05, 3.63) is 41.5 Å². The minimum Gasteiger partial charge on any atom is -0.399 e. The molecule has 0 unspecified atom stereocenters. The highest BCUT2D eigenvalue weighted by Crippen LogP contribution is 2.08. The Labute approximate surface area is 117 Å². The fourth-order valence-electron chi connectivity index (χ4n) is 1.85. The van der Waals surface area contributed by atoms with Gasteiger partial charge in [0.2, 0.25) is 11.8 Å². The summed E-state index contributed by atoms with van der Waals surface area (Å²) < 4.78 is 4.85. The van der Waals surface area contributed by atoms with Crippen molar-refractivity contribution in [2.45, 2.75) is 26.2 Å². The summed E-state index contributed by atoms with van der Waals surface area (Å²) in [7, 11) is 0. The van der Waals surface area contributed by atoms with E-state index in [0.29, 0.717) is 37.5 Å². The molecule has 0 aliphatic heterocycles. The summed E-state index contributed by atoms with van der Waals surface area (Å²) in [6, 6.07) is 7.57. The Hall–Kier alpha value is -2.37. The second kappa shape index (κ2) is 6.70. The van der Waals surface area contributed by atoms with Crippen LogP contribution in [-0.2, 0) is 17.6 Å². The summed E-state index contributed by atoms with van der Waals surface area (Å²) in [6.07, 6.45) is 1.69. The summed E-state index contributed by atoms with van der Waals surface area (Å²) in [5.74, 6) is 1.15. The first-order chi connectivity index (χ1) is 9.63. The third-order valence-electron chi connectivity index (χ3n) is 2.83. The molecule has 1 heterocycles. The number of nitrogen functional groups attached to an aromatic ring is 1. The second-order valence-electron chi connectivity index (χ2n) is 4.57. The van der Waals surface area contributed by atoms with Crippen LogP contribution < -0.4 is 11.1 Å². The maximum atomic E-state index is 11.7. The molecule has 2 rings (SSSR count). The second-order valence-corrected chi connectivity index (χ2v) is 4.57. The average Bonchev–Trinajstić information content (AvgIpc) is 2.82. The minimum atomic E-state index is 0.00708. The van der Waals surface area contributed by atoms with E-state index >= 15 is 0 Å². The minimum absolute atomic E-state index is 0.00708. The maximum Gasteiger partial charge on any atom is 0.223 e. The molecule has 0 saturated heterocycles. The molecule has 0 aliphatic carbocycles.